The highest BCUT2D eigenvalue weighted by Gasteiger charge is 2.18. The van der Waals surface area contributed by atoms with Crippen molar-refractivity contribution in [2.24, 2.45) is 5.73 Å². The molecule has 0 aliphatic rings. The number of primary amides is 1. The van der Waals surface area contributed by atoms with Crippen LogP contribution in [0.2, 0.25) is 5.02 Å². The second kappa shape index (κ2) is 7.95. The van der Waals surface area contributed by atoms with Crippen molar-refractivity contribution in [3.8, 4) is 5.75 Å². The number of carbonyl (C=O) groups excluding carboxylic acids is 1. The van der Waals surface area contributed by atoms with E-state index < -0.39 is 17.8 Å². The maximum absolute atomic E-state index is 14.2. The molecule has 0 bridgehead atoms. The number of halogens is 2. The topological polar surface area (TPSA) is 104 Å². The van der Waals surface area contributed by atoms with Crippen molar-refractivity contribution in [3.63, 3.8) is 0 Å². The average Bonchev–Trinajstić information content (AvgIpc) is 2.65. The highest BCUT2D eigenvalue weighted by Crippen LogP contribution is 2.31. The third-order valence-corrected chi connectivity index (χ3v) is 4.82. The minimum atomic E-state index is -0.593. The molecule has 0 saturated heterocycles. The molecule has 0 aliphatic carbocycles. The average molecular weight is 404 g/mol. The minimum Gasteiger partial charge on any atom is -0.508 e. The van der Waals surface area contributed by atoms with Crippen LogP contribution in [0, 0.1) is 5.82 Å². The van der Waals surface area contributed by atoms with Crippen LogP contribution in [-0.4, -0.2) is 39.0 Å². The number of phenolic OH excluding ortho intramolecular Hbond substituents is 1. The Bertz CT molecular complexity index is 1050. The van der Waals surface area contributed by atoms with E-state index in [2.05, 4.69) is 15.3 Å². The molecule has 0 aliphatic heterocycles. The number of hydrogen-bond acceptors (Lipinski definition) is 6. The lowest BCUT2D eigenvalue weighted by Crippen LogP contribution is -2.39. The molecular weight excluding hydrogens is 385 g/mol. The van der Waals surface area contributed by atoms with E-state index in [0.29, 0.717) is 22.3 Å². The van der Waals surface area contributed by atoms with Crippen LogP contribution in [0.25, 0.3) is 10.9 Å². The van der Waals surface area contributed by atoms with Gasteiger partial charge in [0, 0.05) is 23.6 Å². The van der Waals surface area contributed by atoms with E-state index in [-0.39, 0.29) is 23.0 Å². The van der Waals surface area contributed by atoms with Crippen molar-refractivity contribution in [1.82, 2.24) is 14.9 Å². The Kier molecular flexibility index (Phi) is 5.62. The van der Waals surface area contributed by atoms with Gasteiger partial charge in [-0.3, -0.25) is 9.69 Å². The maximum atomic E-state index is 14.2. The minimum absolute atomic E-state index is 0.0104. The smallest absolute Gasteiger partial charge is 0.234 e. The molecule has 28 heavy (non-hydrogen) atoms. The summed E-state index contributed by atoms with van der Waals surface area (Å²) in [7, 11) is 1.72. The van der Waals surface area contributed by atoms with E-state index in [1.54, 1.807) is 37.1 Å². The number of phenols is 1. The van der Waals surface area contributed by atoms with Gasteiger partial charge < -0.3 is 16.2 Å². The number of rotatable bonds is 6. The molecule has 0 saturated carbocycles. The number of amides is 1. The number of carbonyl (C=O) groups is 1. The standard InChI is InChI=1S/C19H19ClFN5O2/c1-10(18(22)28)26(2)8-11-6-12-15(7-16(11)27)23-9-24-19(12)25-14-5-3-4-13(20)17(14)21/h3-7,9-10,27H,8H2,1-2H3,(H2,22,28)(H,23,24,25)/t10-/m1/s1. The van der Waals surface area contributed by atoms with Crippen molar-refractivity contribution in [2.75, 3.05) is 12.4 Å². The number of likely N-dealkylation sites (N-methyl/N-ethyl adjacent to an activating group) is 1. The van der Waals surface area contributed by atoms with E-state index in [1.807, 2.05) is 0 Å². The summed E-state index contributed by atoms with van der Waals surface area (Å²) in [6.07, 6.45) is 1.31. The lowest BCUT2D eigenvalue weighted by molar-refractivity contribution is -0.122. The van der Waals surface area contributed by atoms with Crippen molar-refractivity contribution in [1.29, 1.82) is 0 Å². The number of aromatic nitrogens is 2. The zero-order valence-corrected chi connectivity index (χ0v) is 16.0. The predicted molar refractivity (Wildman–Crippen MR) is 106 cm³/mol. The summed E-state index contributed by atoms with van der Waals surface area (Å²) in [4.78, 5) is 21.4. The zero-order chi connectivity index (χ0) is 20.4. The van der Waals surface area contributed by atoms with Gasteiger partial charge in [0.25, 0.3) is 0 Å². The normalized spacial score (nSPS) is 12.3. The molecule has 1 heterocycles. The molecular formula is C19H19ClFN5O2. The van der Waals surface area contributed by atoms with Gasteiger partial charge in [-0.15, -0.1) is 0 Å². The Morgan fingerprint density at radius 3 is 2.86 bits per heavy atom. The highest BCUT2D eigenvalue weighted by molar-refractivity contribution is 6.31. The number of fused-ring (bicyclic) bond motifs is 1. The lowest BCUT2D eigenvalue weighted by atomic mass is 10.1. The summed E-state index contributed by atoms with van der Waals surface area (Å²) in [6.45, 7) is 1.95. The van der Waals surface area contributed by atoms with Gasteiger partial charge in [0.15, 0.2) is 5.82 Å². The van der Waals surface area contributed by atoms with Crippen LogP contribution in [-0.2, 0) is 11.3 Å². The quantitative estimate of drug-likeness (QED) is 0.584. The summed E-state index contributed by atoms with van der Waals surface area (Å²) in [5.41, 5.74) is 6.53. The molecule has 1 atom stereocenters. The Hall–Kier alpha value is -2.97. The van der Waals surface area contributed by atoms with Gasteiger partial charge in [-0.2, -0.15) is 0 Å². The van der Waals surface area contributed by atoms with Crippen molar-refractivity contribution in [2.45, 2.75) is 19.5 Å². The molecule has 0 spiro atoms. The molecule has 3 aromatic rings. The number of anilines is 2. The third-order valence-electron chi connectivity index (χ3n) is 4.53. The fourth-order valence-corrected chi connectivity index (χ4v) is 2.89. The third kappa shape index (κ3) is 3.97. The molecule has 1 aromatic heterocycles. The summed E-state index contributed by atoms with van der Waals surface area (Å²) < 4.78 is 14.2. The van der Waals surface area contributed by atoms with Gasteiger partial charge >= 0.3 is 0 Å². The molecule has 0 radical (unpaired) electrons. The molecule has 9 heteroatoms. The van der Waals surface area contributed by atoms with Gasteiger partial charge in [-0.25, -0.2) is 14.4 Å². The van der Waals surface area contributed by atoms with Gasteiger partial charge in [0.05, 0.1) is 22.3 Å². The largest absolute Gasteiger partial charge is 0.508 e. The van der Waals surface area contributed by atoms with Gasteiger partial charge in [0.2, 0.25) is 5.91 Å². The molecule has 0 unspecified atom stereocenters. The second-order valence-corrected chi connectivity index (χ2v) is 6.85. The number of hydrogen-bond donors (Lipinski definition) is 3. The molecule has 3 rings (SSSR count). The Labute approximate surface area is 166 Å². The van der Waals surface area contributed by atoms with Gasteiger partial charge in [0.1, 0.15) is 17.9 Å². The van der Waals surface area contributed by atoms with Crippen LogP contribution in [0.3, 0.4) is 0 Å². The van der Waals surface area contributed by atoms with E-state index >= 15 is 0 Å². The first-order chi connectivity index (χ1) is 13.3. The van der Waals surface area contributed by atoms with E-state index in [0.717, 1.165) is 0 Å². The summed E-state index contributed by atoms with van der Waals surface area (Å²) in [5, 5.41) is 13.8. The summed E-state index contributed by atoms with van der Waals surface area (Å²) >= 11 is 5.83. The van der Waals surface area contributed by atoms with Crippen LogP contribution >= 0.6 is 11.6 Å². The lowest BCUT2D eigenvalue weighted by Gasteiger charge is -2.22. The summed E-state index contributed by atoms with van der Waals surface area (Å²) in [5.74, 6) is -0.678. The van der Waals surface area contributed by atoms with Crippen molar-refractivity contribution >= 4 is 39.9 Å². The number of nitrogens with zero attached hydrogens (tertiary/aromatic N) is 3. The highest BCUT2D eigenvalue weighted by atomic mass is 35.5. The molecule has 0 fully saturated rings. The molecule has 146 valence electrons. The van der Waals surface area contributed by atoms with E-state index in [9.17, 15) is 14.3 Å². The number of nitrogens with one attached hydrogen (secondary N) is 1. The second-order valence-electron chi connectivity index (χ2n) is 6.44. The molecule has 7 nitrogen and oxygen atoms in total. The first-order valence-electron chi connectivity index (χ1n) is 8.45. The van der Waals surface area contributed by atoms with Crippen molar-refractivity contribution < 1.29 is 14.3 Å². The summed E-state index contributed by atoms with van der Waals surface area (Å²) in [6, 6.07) is 7.29. The van der Waals surface area contributed by atoms with Gasteiger partial charge in [-0.05, 0) is 32.2 Å². The fraction of sp³-hybridized carbons (Fsp3) is 0.211. The van der Waals surface area contributed by atoms with Gasteiger partial charge in [-0.1, -0.05) is 17.7 Å². The SMILES string of the molecule is C[C@H](C(N)=O)N(C)Cc1cc2c(Nc3cccc(Cl)c3F)ncnc2cc1O. The molecule has 4 N–H and O–H groups in total. The first-order valence-corrected chi connectivity index (χ1v) is 8.83. The van der Waals surface area contributed by atoms with Crippen LogP contribution in [0.15, 0.2) is 36.7 Å². The van der Waals surface area contributed by atoms with Crippen LogP contribution in [0.5, 0.6) is 5.75 Å². The first kappa shape index (κ1) is 19.8. The molecule has 1 amide bonds. The monoisotopic (exact) mass is 403 g/mol. The van der Waals surface area contributed by atoms with Crippen LogP contribution in [0.4, 0.5) is 15.9 Å². The van der Waals surface area contributed by atoms with E-state index in [4.69, 9.17) is 17.3 Å². The van der Waals surface area contributed by atoms with E-state index in [1.165, 1.54) is 18.5 Å². The van der Waals surface area contributed by atoms with Crippen LogP contribution < -0.4 is 11.1 Å². The Morgan fingerprint density at radius 1 is 1.39 bits per heavy atom. The number of benzene rings is 2. The zero-order valence-electron chi connectivity index (χ0n) is 15.3. The Balaban J connectivity index is 2.01. The Morgan fingerprint density at radius 2 is 2.14 bits per heavy atom. The fourth-order valence-electron chi connectivity index (χ4n) is 2.71. The predicted octanol–water partition coefficient (Wildman–Crippen LogP) is 3.18. The number of nitrogens with two attached hydrogens (primary N) is 1. The van der Waals surface area contributed by atoms with Crippen molar-refractivity contribution in [3.05, 3.63) is 53.1 Å². The maximum Gasteiger partial charge on any atom is 0.234 e. The number of aromatic hydroxyl groups is 1. The van der Waals surface area contributed by atoms with Crippen LogP contribution in [0.1, 0.15) is 12.5 Å². The molecule has 2 aromatic carbocycles.